The van der Waals surface area contributed by atoms with E-state index in [-0.39, 0.29) is 5.54 Å². The molecule has 0 amide bonds. The first-order chi connectivity index (χ1) is 8.16. The molecule has 0 bridgehead atoms. The minimum Gasteiger partial charge on any atom is -0.390 e. The summed E-state index contributed by atoms with van der Waals surface area (Å²) in [5.41, 5.74) is 0.457. The third-order valence-corrected chi connectivity index (χ3v) is 7.23. The van der Waals surface area contributed by atoms with E-state index < -0.39 is 20.3 Å². The molecule has 0 aliphatic rings. The Balaban J connectivity index is 3.04. The Kier molecular flexibility index (Phi) is 5.27. The van der Waals surface area contributed by atoms with Gasteiger partial charge in [-0.3, -0.25) is 0 Å². The highest BCUT2D eigenvalue weighted by atomic mass is 35.5. The van der Waals surface area contributed by atoms with Crippen LogP contribution in [0.3, 0.4) is 0 Å². The molecule has 1 unspecified atom stereocenters. The van der Waals surface area contributed by atoms with Gasteiger partial charge in [-0.15, -0.1) is 0 Å². The van der Waals surface area contributed by atoms with Gasteiger partial charge in [0.2, 0.25) is 0 Å². The fourth-order valence-electron chi connectivity index (χ4n) is 1.75. The Morgan fingerprint density at radius 2 is 1.50 bits per heavy atom. The molecule has 2 nitrogen and oxygen atoms in total. The van der Waals surface area contributed by atoms with Crippen molar-refractivity contribution in [2.24, 2.45) is 0 Å². The average Bonchev–Trinajstić information content (AvgIpc) is 2.25. The average molecular weight is 307 g/mol. The van der Waals surface area contributed by atoms with E-state index in [9.17, 15) is 10.2 Å². The zero-order valence-corrected chi connectivity index (χ0v) is 13.6. The van der Waals surface area contributed by atoms with Crippen LogP contribution in [0.4, 0.5) is 0 Å². The quantitative estimate of drug-likeness (QED) is 0.822. The van der Waals surface area contributed by atoms with Gasteiger partial charge in [-0.05, 0) is 17.7 Å². The van der Waals surface area contributed by atoms with Gasteiger partial charge in [-0.1, -0.05) is 55.8 Å². The Labute approximate surface area is 120 Å². The Hall–Kier alpha value is -0.0631. The van der Waals surface area contributed by atoms with Gasteiger partial charge in [0.1, 0.15) is 6.10 Å². The first-order valence-corrected chi connectivity index (χ1v) is 10.3. The predicted octanol–water partition coefficient (Wildman–Crippen LogP) is 4.12. The number of aliphatic hydroxyl groups excluding tert-OH is 2. The number of hydrogen-bond acceptors (Lipinski definition) is 2. The summed E-state index contributed by atoms with van der Waals surface area (Å²) >= 11 is 12.1. The lowest BCUT2D eigenvalue weighted by atomic mass is 10.0. The molecule has 1 rings (SSSR count). The molecule has 0 heterocycles. The third-order valence-electron chi connectivity index (χ3n) is 3.50. The van der Waals surface area contributed by atoms with Crippen molar-refractivity contribution in [2.75, 3.05) is 0 Å². The van der Waals surface area contributed by atoms with Crippen LogP contribution in [0, 0.1) is 0 Å². The number of aliphatic hydroxyl groups is 2. The van der Waals surface area contributed by atoms with E-state index >= 15 is 0 Å². The van der Waals surface area contributed by atoms with Crippen molar-refractivity contribution in [1.29, 1.82) is 0 Å². The minimum atomic E-state index is -1.55. The molecule has 3 atom stereocenters. The summed E-state index contributed by atoms with van der Waals surface area (Å²) < 4.78 is 0. The van der Waals surface area contributed by atoms with Crippen LogP contribution >= 0.6 is 23.2 Å². The van der Waals surface area contributed by atoms with Gasteiger partial charge in [-0.2, -0.15) is 0 Å². The van der Waals surface area contributed by atoms with Crippen LogP contribution in [-0.2, 0) is 0 Å². The second kappa shape index (κ2) is 5.93. The largest absolute Gasteiger partial charge is 0.390 e. The molecule has 5 heteroatoms. The van der Waals surface area contributed by atoms with E-state index in [0.29, 0.717) is 15.6 Å². The molecule has 0 fully saturated rings. The summed E-state index contributed by atoms with van der Waals surface area (Å²) in [6.07, 6.45) is -1.90. The number of halogens is 2. The normalized spacial score (nSPS) is 17.3. The van der Waals surface area contributed by atoms with Crippen LogP contribution in [0.15, 0.2) is 18.2 Å². The molecule has 0 saturated carbocycles. The predicted molar refractivity (Wildman–Crippen MR) is 80.2 cm³/mol. The van der Waals surface area contributed by atoms with Gasteiger partial charge in [0.15, 0.2) is 0 Å². The van der Waals surface area contributed by atoms with Crippen molar-refractivity contribution in [3.63, 3.8) is 0 Å². The highest BCUT2D eigenvalue weighted by Gasteiger charge is 2.35. The van der Waals surface area contributed by atoms with Crippen molar-refractivity contribution in [1.82, 2.24) is 0 Å². The highest BCUT2D eigenvalue weighted by molar-refractivity contribution is 6.77. The maximum atomic E-state index is 10.3. The third kappa shape index (κ3) is 3.49. The molecule has 0 aromatic heterocycles. The Bertz CT molecular complexity index is 398. The van der Waals surface area contributed by atoms with E-state index in [4.69, 9.17) is 23.2 Å². The molecule has 0 radical (unpaired) electrons. The van der Waals surface area contributed by atoms with Crippen LogP contribution in [0.2, 0.25) is 35.2 Å². The molecule has 1 aromatic rings. The van der Waals surface area contributed by atoms with Crippen LogP contribution in [0.25, 0.3) is 0 Å². The maximum Gasteiger partial charge on any atom is 0.108 e. The van der Waals surface area contributed by atoms with Crippen LogP contribution in [0.1, 0.15) is 18.6 Å². The van der Waals surface area contributed by atoms with Gasteiger partial charge < -0.3 is 10.2 Å². The van der Waals surface area contributed by atoms with Crippen molar-refractivity contribution in [3.8, 4) is 0 Å². The van der Waals surface area contributed by atoms with Gasteiger partial charge in [0.25, 0.3) is 0 Å². The fraction of sp³-hybridized carbons (Fsp3) is 0.538. The number of hydrogen-bond donors (Lipinski definition) is 2. The van der Waals surface area contributed by atoms with E-state index in [2.05, 4.69) is 19.6 Å². The van der Waals surface area contributed by atoms with E-state index in [0.717, 1.165) is 0 Å². The molecule has 0 saturated heterocycles. The summed E-state index contributed by atoms with van der Waals surface area (Å²) in [5, 5.41) is 21.4. The molecule has 18 heavy (non-hydrogen) atoms. The van der Waals surface area contributed by atoms with Crippen molar-refractivity contribution < 1.29 is 10.2 Å². The molecular formula is C13H20Cl2O2Si. The molecule has 2 N–H and O–H groups in total. The molecule has 102 valence electrons. The number of rotatable bonds is 4. The van der Waals surface area contributed by atoms with Gasteiger partial charge in [-0.25, -0.2) is 0 Å². The van der Waals surface area contributed by atoms with E-state index in [1.807, 2.05) is 6.92 Å². The van der Waals surface area contributed by atoms with Gasteiger partial charge >= 0.3 is 0 Å². The zero-order valence-electron chi connectivity index (χ0n) is 11.1. The van der Waals surface area contributed by atoms with Crippen molar-refractivity contribution >= 4 is 31.3 Å². The molecular weight excluding hydrogens is 287 g/mol. The molecule has 0 aliphatic heterocycles. The summed E-state index contributed by atoms with van der Waals surface area (Å²) in [6.45, 7) is 8.43. The summed E-state index contributed by atoms with van der Waals surface area (Å²) in [5.74, 6) is 0. The molecule has 0 aliphatic carbocycles. The lowest BCUT2D eigenvalue weighted by Crippen LogP contribution is -2.37. The SMILES string of the molecule is CC([C@H](O)[C@@H](O)c1c(Cl)cccc1Cl)[Si](C)(C)C. The van der Waals surface area contributed by atoms with Crippen molar-refractivity contribution in [3.05, 3.63) is 33.8 Å². The topological polar surface area (TPSA) is 40.5 Å². The van der Waals surface area contributed by atoms with Crippen LogP contribution in [-0.4, -0.2) is 24.4 Å². The van der Waals surface area contributed by atoms with Gasteiger partial charge in [0, 0.05) is 15.6 Å². The Morgan fingerprint density at radius 1 is 1.06 bits per heavy atom. The first-order valence-electron chi connectivity index (χ1n) is 5.96. The van der Waals surface area contributed by atoms with E-state index in [1.54, 1.807) is 18.2 Å². The number of benzene rings is 1. The lowest BCUT2D eigenvalue weighted by Gasteiger charge is -2.33. The van der Waals surface area contributed by atoms with Crippen LogP contribution < -0.4 is 0 Å². The molecule has 0 spiro atoms. The summed E-state index contributed by atoms with van der Waals surface area (Å²) in [7, 11) is -1.55. The second-order valence-electron chi connectivity index (χ2n) is 5.73. The smallest absolute Gasteiger partial charge is 0.108 e. The minimum absolute atomic E-state index is 0.0415. The standard InChI is InChI=1S/C13H20Cl2O2Si/c1-8(18(2,3)4)12(16)13(17)11-9(14)6-5-7-10(11)15/h5-8,12-13,16-17H,1-4H3/t8?,12-,13-/m0/s1. The zero-order chi connectivity index (χ0) is 14.1. The second-order valence-corrected chi connectivity index (χ2v) is 12.2. The summed E-state index contributed by atoms with van der Waals surface area (Å²) in [4.78, 5) is 0. The molecule has 1 aromatic carbocycles. The van der Waals surface area contributed by atoms with Crippen LogP contribution in [0.5, 0.6) is 0 Å². The van der Waals surface area contributed by atoms with Gasteiger partial charge in [0.05, 0.1) is 14.2 Å². The Morgan fingerprint density at radius 3 is 1.89 bits per heavy atom. The lowest BCUT2D eigenvalue weighted by molar-refractivity contribution is 0.0155. The monoisotopic (exact) mass is 306 g/mol. The van der Waals surface area contributed by atoms with E-state index in [1.165, 1.54) is 0 Å². The maximum absolute atomic E-state index is 10.3. The first kappa shape index (κ1) is 16.0. The summed E-state index contributed by atoms with van der Waals surface area (Å²) in [6, 6.07) is 5.05. The highest BCUT2D eigenvalue weighted by Crippen LogP contribution is 2.37. The fourth-order valence-corrected chi connectivity index (χ4v) is 3.58. The van der Waals surface area contributed by atoms with Crippen molar-refractivity contribution in [2.45, 2.75) is 44.3 Å².